The molecule has 2 rings (SSSR count). The van der Waals surface area contributed by atoms with Crippen molar-refractivity contribution in [2.24, 2.45) is 0 Å². The van der Waals surface area contributed by atoms with Crippen LogP contribution in [0.1, 0.15) is 37.2 Å². The number of aromatic nitrogens is 2. The van der Waals surface area contributed by atoms with Crippen molar-refractivity contribution in [2.75, 3.05) is 6.54 Å². The van der Waals surface area contributed by atoms with Gasteiger partial charge in [0.25, 0.3) is 0 Å². The molecule has 0 saturated carbocycles. The first-order chi connectivity index (χ1) is 9.72. The third-order valence-electron chi connectivity index (χ3n) is 3.03. The molecule has 0 spiro atoms. The SMILES string of the molecule is CCCNCc1ccc(Sc2nc(CC)ns2)cc1C. The van der Waals surface area contributed by atoms with E-state index in [1.807, 2.05) is 0 Å². The van der Waals surface area contributed by atoms with Gasteiger partial charge in [0.1, 0.15) is 5.82 Å². The molecule has 1 aromatic carbocycles. The van der Waals surface area contributed by atoms with Gasteiger partial charge in [-0.05, 0) is 54.7 Å². The Bertz CT molecular complexity index is 552. The maximum absolute atomic E-state index is 4.49. The Morgan fingerprint density at radius 2 is 2.15 bits per heavy atom. The van der Waals surface area contributed by atoms with E-state index in [9.17, 15) is 0 Å². The minimum atomic E-state index is 0.901. The van der Waals surface area contributed by atoms with Gasteiger partial charge in [-0.2, -0.15) is 4.37 Å². The summed E-state index contributed by atoms with van der Waals surface area (Å²) in [7, 11) is 0. The van der Waals surface area contributed by atoms with E-state index in [1.54, 1.807) is 11.8 Å². The van der Waals surface area contributed by atoms with Crippen molar-refractivity contribution in [3.63, 3.8) is 0 Å². The van der Waals surface area contributed by atoms with E-state index < -0.39 is 0 Å². The third kappa shape index (κ3) is 4.30. The summed E-state index contributed by atoms with van der Waals surface area (Å²) in [5.74, 6) is 0.939. The van der Waals surface area contributed by atoms with Gasteiger partial charge in [-0.3, -0.25) is 0 Å². The van der Waals surface area contributed by atoms with Gasteiger partial charge in [-0.15, -0.1) is 0 Å². The standard InChI is InChI=1S/C15H21N3S2/c1-4-8-16-10-12-6-7-13(9-11(12)3)19-15-17-14(5-2)18-20-15/h6-7,9,16H,4-5,8,10H2,1-3H3. The number of hydrogen-bond donors (Lipinski definition) is 1. The maximum atomic E-state index is 4.49. The third-order valence-corrected chi connectivity index (χ3v) is 4.81. The van der Waals surface area contributed by atoms with Crippen LogP contribution < -0.4 is 5.32 Å². The van der Waals surface area contributed by atoms with Gasteiger partial charge in [0, 0.05) is 17.9 Å². The van der Waals surface area contributed by atoms with Crippen molar-refractivity contribution >= 4 is 23.3 Å². The van der Waals surface area contributed by atoms with E-state index in [4.69, 9.17) is 0 Å². The van der Waals surface area contributed by atoms with Crippen molar-refractivity contribution in [2.45, 2.75) is 49.4 Å². The van der Waals surface area contributed by atoms with E-state index in [0.717, 1.165) is 29.7 Å². The Morgan fingerprint density at radius 1 is 1.30 bits per heavy atom. The summed E-state index contributed by atoms with van der Waals surface area (Å²) >= 11 is 3.18. The lowest BCUT2D eigenvalue weighted by Crippen LogP contribution is -2.14. The summed E-state index contributed by atoms with van der Waals surface area (Å²) < 4.78 is 5.35. The molecule has 0 amide bonds. The monoisotopic (exact) mass is 307 g/mol. The Labute approximate surface area is 129 Å². The predicted molar refractivity (Wildman–Crippen MR) is 86.6 cm³/mol. The minimum absolute atomic E-state index is 0.901. The highest BCUT2D eigenvalue weighted by Gasteiger charge is 2.06. The number of nitrogens with zero attached hydrogens (tertiary/aromatic N) is 2. The van der Waals surface area contributed by atoms with Crippen LogP contribution in [0.5, 0.6) is 0 Å². The Morgan fingerprint density at radius 3 is 2.80 bits per heavy atom. The lowest BCUT2D eigenvalue weighted by molar-refractivity contribution is 0.673. The molecule has 1 aromatic heterocycles. The van der Waals surface area contributed by atoms with Crippen molar-refractivity contribution in [3.05, 3.63) is 35.2 Å². The Hall–Kier alpha value is -0.910. The lowest BCUT2D eigenvalue weighted by Gasteiger charge is -2.08. The number of nitrogens with one attached hydrogen (secondary N) is 1. The molecular formula is C15H21N3S2. The second-order valence-electron chi connectivity index (χ2n) is 4.70. The zero-order valence-electron chi connectivity index (χ0n) is 12.3. The van der Waals surface area contributed by atoms with E-state index in [1.165, 1.54) is 34.0 Å². The van der Waals surface area contributed by atoms with Crippen molar-refractivity contribution in [3.8, 4) is 0 Å². The van der Waals surface area contributed by atoms with Gasteiger partial charge in [0.15, 0.2) is 4.34 Å². The number of rotatable bonds is 7. The maximum Gasteiger partial charge on any atom is 0.174 e. The highest BCUT2D eigenvalue weighted by Crippen LogP contribution is 2.30. The summed E-state index contributed by atoms with van der Waals surface area (Å²) in [6, 6.07) is 6.62. The van der Waals surface area contributed by atoms with Gasteiger partial charge in [0.05, 0.1) is 0 Å². The molecule has 3 nitrogen and oxygen atoms in total. The van der Waals surface area contributed by atoms with Crippen LogP contribution in [0.15, 0.2) is 27.4 Å². The zero-order chi connectivity index (χ0) is 14.4. The smallest absolute Gasteiger partial charge is 0.174 e. The average molecular weight is 307 g/mol. The quantitative estimate of drug-likeness (QED) is 0.783. The van der Waals surface area contributed by atoms with Crippen LogP contribution in [0, 0.1) is 6.92 Å². The molecule has 1 N–H and O–H groups in total. The molecule has 0 atom stereocenters. The molecule has 0 aliphatic rings. The van der Waals surface area contributed by atoms with Crippen LogP contribution in [0.4, 0.5) is 0 Å². The van der Waals surface area contributed by atoms with Gasteiger partial charge < -0.3 is 5.32 Å². The largest absolute Gasteiger partial charge is 0.313 e. The summed E-state index contributed by atoms with van der Waals surface area (Å²) in [4.78, 5) is 5.73. The van der Waals surface area contributed by atoms with Crippen molar-refractivity contribution < 1.29 is 0 Å². The van der Waals surface area contributed by atoms with Crippen LogP contribution in [0.2, 0.25) is 0 Å². The van der Waals surface area contributed by atoms with Crippen LogP contribution in [-0.4, -0.2) is 15.9 Å². The molecule has 0 fully saturated rings. The van der Waals surface area contributed by atoms with E-state index in [2.05, 4.69) is 53.6 Å². The van der Waals surface area contributed by atoms with Crippen molar-refractivity contribution in [1.82, 2.24) is 14.7 Å². The first-order valence-electron chi connectivity index (χ1n) is 7.03. The summed E-state index contributed by atoms with van der Waals surface area (Å²) in [5, 5.41) is 3.45. The Kier molecular flexibility index (Phi) is 6.01. The number of aryl methyl sites for hydroxylation is 2. The van der Waals surface area contributed by atoms with E-state index in [-0.39, 0.29) is 0 Å². The van der Waals surface area contributed by atoms with Crippen LogP contribution in [0.25, 0.3) is 0 Å². The summed E-state index contributed by atoms with van der Waals surface area (Å²) in [6.45, 7) is 8.46. The molecular weight excluding hydrogens is 286 g/mol. The van der Waals surface area contributed by atoms with Gasteiger partial charge in [-0.25, -0.2) is 4.98 Å². The average Bonchev–Trinajstić information content (AvgIpc) is 2.89. The predicted octanol–water partition coefficient (Wildman–Crippen LogP) is 4.06. The second-order valence-corrected chi connectivity index (χ2v) is 6.77. The fourth-order valence-electron chi connectivity index (χ4n) is 1.85. The molecule has 0 radical (unpaired) electrons. The summed E-state index contributed by atoms with van der Waals surface area (Å²) in [5.41, 5.74) is 2.70. The van der Waals surface area contributed by atoms with Crippen LogP contribution in [-0.2, 0) is 13.0 Å². The molecule has 108 valence electrons. The molecule has 0 unspecified atom stereocenters. The van der Waals surface area contributed by atoms with Crippen LogP contribution >= 0.6 is 23.3 Å². The highest BCUT2D eigenvalue weighted by atomic mass is 32.2. The summed E-state index contributed by atoms with van der Waals surface area (Å²) in [6.07, 6.45) is 2.07. The zero-order valence-corrected chi connectivity index (χ0v) is 13.9. The molecule has 2 aromatic rings. The van der Waals surface area contributed by atoms with Gasteiger partial charge in [-0.1, -0.05) is 31.7 Å². The van der Waals surface area contributed by atoms with Gasteiger partial charge >= 0.3 is 0 Å². The first kappa shape index (κ1) is 15.5. The lowest BCUT2D eigenvalue weighted by atomic mass is 10.1. The van der Waals surface area contributed by atoms with E-state index in [0.29, 0.717) is 0 Å². The molecule has 0 aliphatic heterocycles. The molecule has 5 heteroatoms. The molecule has 20 heavy (non-hydrogen) atoms. The minimum Gasteiger partial charge on any atom is -0.313 e. The van der Waals surface area contributed by atoms with Gasteiger partial charge in [0.2, 0.25) is 0 Å². The molecule has 1 heterocycles. The Balaban J connectivity index is 2.01. The number of benzene rings is 1. The molecule has 0 saturated heterocycles. The fourth-order valence-corrected chi connectivity index (χ4v) is 3.63. The highest BCUT2D eigenvalue weighted by molar-refractivity contribution is 8.01. The molecule has 0 bridgehead atoms. The number of hydrogen-bond acceptors (Lipinski definition) is 5. The van der Waals surface area contributed by atoms with E-state index >= 15 is 0 Å². The van der Waals surface area contributed by atoms with Crippen molar-refractivity contribution in [1.29, 1.82) is 0 Å². The second kappa shape index (κ2) is 7.76. The normalized spacial score (nSPS) is 10.9. The topological polar surface area (TPSA) is 37.8 Å². The first-order valence-corrected chi connectivity index (χ1v) is 8.62. The molecule has 0 aliphatic carbocycles. The van der Waals surface area contributed by atoms with Crippen LogP contribution in [0.3, 0.4) is 0 Å². The fraction of sp³-hybridized carbons (Fsp3) is 0.467.